The van der Waals surface area contributed by atoms with Gasteiger partial charge in [0, 0.05) is 43.8 Å². The molecule has 2 fully saturated rings. The van der Waals surface area contributed by atoms with Gasteiger partial charge >= 0.3 is 0 Å². The predicted molar refractivity (Wildman–Crippen MR) is 90.5 cm³/mol. The second kappa shape index (κ2) is 8.11. The lowest BCUT2D eigenvalue weighted by molar-refractivity contribution is -0.135. The smallest absolute Gasteiger partial charge is 0.250 e. The minimum Gasteiger partial charge on any atom is -0.366 e. The molecule has 1 amide bonds. The van der Waals surface area contributed by atoms with E-state index in [4.69, 9.17) is 16.3 Å². The highest BCUT2D eigenvalue weighted by atomic mass is 35.5. The molecule has 2 N–H and O–H groups in total. The number of morpholine rings is 1. The fourth-order valence-electron chi connectivity index (χ4n) is 3.11. The first-order valence-electron chi connectivity index (χ1n) is 8.30. The van der Waals surface area contributed by atoms with Crippen LogP contribution in [0.4, 0.5) is 0 Å². The van der Waals surface area contributed by atoms with Crippen molar-refractivity contribution in [1.82, 2.24) is 15.5 Å². The van der Waals surface area contributed by atoms with Gasteiger partial charge in [0.2, 0.25) is 0 Å². The van der Waals surface area contributed by atoms with Crippen LogP contribution in [0, 0.1) is 0 Å². The molecule has 0 bridgehead atoms. The highest BCUT2D eigenvalue weighted by molar-refractivity contribution is 6.30. The van der Waals surface area contributed by atoms with E-state index in [0.29, 0.717) is 13.2 Å². The summed E-state index contributed by atoms with van der Waals surface area (Å²) >= 11 is 5.92. The summed E-state index contributed by atoms with van der Waals surface area (Å²) in [6.07, 6.45) is 1.63. The maximum atomic E-state index is 12.2. The number of hydrogen-bond donors (Lipinski definition) is 2. The molecule has 0 aliphatic carbocycles. The fraction of sp³-hybridized carbons (Fsp3) is 0.588. The van der Waals surface area contributed by atoms with Gasteiger partial charge in [-0.3, -0.25) is 9.69 Å². The van der Waals surface area contributed by atoms with E-state index in [0.717, 1.165) is 44.0 Å². The Bertz CT molecular complexity index is 509. The van der Waals surface area contributed by atoms with Gasteiger partial charge in [-0.1, -0.05) is 23.7 Å². The summed E-state index contributed by atoms with van der Waals surface area (Å²) in [7, 11) is 0. The van der Waals surface area contributed by atoms with E-state index in [2.05, 4.69) is 27.7 Å². The molecule has 5 nitrogen and oxygen atoms in total. The van der Waals surface area contributed by atoms with Gasteiger partial charge in [-0.25, -0.2) is 0 Å². The number of nitrogens with zero attached hydrogens (tertiary/aromatic N) is 1. The summed E-state index contributed by atoms with van der Waals surface area (Å²) in [6, 6.07) is 8.27. The molecule has 2 heterocycles. The number of rotatable bonds is 4. The molecular weight excluding hydrogens is 314 g/mol. The number of likely N-dealkylation sites (tertiary alicyclic amines) is 1. The second-order valence-electron chi connectivity index (χ2n) is 6.25. The normalized spacial score (nSPS) is 23.6. The Kier molecular flexibility index (Phi) is 5.89. The first-order valence-corrected chi connectivity index (χ1v) is 8.68. The van der Waals surface area contributed by atoms with Crippen molar-refractivity contribution in [3.05, 3.63) is 34.9 Å². The second-order valence-corrected chi connectivity index (χ2v) is 6.69. The third-order valence-corrected chi connectivity index (χ3v) is 4.73. The van der Waals surface area contributed by atoms with Crippen LogP contribution in [-0.2, 0) is 16.1 Å². The molecule has 1 aromatic carbocycles. The predicted octanol–water partition coefficient (Wildman–Crippen LogP) is 1.41. The molecule has 1 atom stereocenters. The van der Waals surface area contributed by atoms with E-state index in [1.54, 1.807) is 0 Å². The monoisotopic (exact) mass is 337 g/mol. The Labute approximate surface area is 142 Å². The highest BCUT2D eigenvalue weighted by Gasteiger charge is 2.26. The Morgan fingerprint density at radius 3 is 2.70 bits per heavy atom. The van der Waals surface area contributed by atoms with E-state index < -0.39 is 0 Å². The molecule has 3 rings (SSSR count). The maximum Gasteiger partial charge on any atom is 0.250 e. The lowest BCUT2D eigenvalue weighted by atomic mass is 10.0. The van der Waals surface area contributed by atoms with E-state index in [-0.39, 0.29) is 18.1 Å². The standard InChI is InChI=1S/C17H24ClN3O2/c18-14-3-1-13(2-4-14)12-21-8-5-15(6-9-21)20-17(22)16-11-19-7-10-23-16/h1-4,15-16,19H,5-12H2,(H,20,22). The van der Waals surface area contributed by atoms with Gasteiger partial charge in [-0.15, -0.1) is 0 Å². The van der Waals surface area contributed by atoms with Gasteiger partial charge in [0.05, 0.1) is 6.61 Å². The largest absolute Gasteiger partial charge is 0.366 e. The van der Waals surface area contributed by atoms with Crippen molar-refractivity contribution in [1.29, 1.82) is 0 Å². The van der Waals surface area contributed by atoms with Gasteiger partial charge in [0.15, 0.2) is 0 Å². The first-order chi connectivity index (χ1) is 11.2. The van der Waals surface area contributed by atoms with Crippen LogP contribution in [0.15, 0.2) is 24.3 Å². The molecule has 2 aliphatic heterocycles. The fourth-order valence-corrected chi connectivity index (χ4v) is 3.24. The van der Waals surface area contributed by atoms with Crippen molar-refractivity contribution >= 4 is 17.5 Å². The van der Waals surface area contributed by atoms with Crippen LogP contribution in [0.5, 0.6) is 0 Å². The summed E-state index contributed by atoms with van der Waals surface area (Å²) in [6.45, 7) is 4.98. The summed E-state index contributed by atoms with van der Waals surface area (Å²) in [4.78, 5) is 14.6. The van der Waals surface area contributed by atoms with E-state index in [9.17, 15) is 4.79 Å². The molecule has 1 aromatic rings. The minimum atomic E-state index is -0.337. The van der Waals surface area contributed by atoms with Crippen LogP contribution in [0.3, 0.4) is 0 Å². The van der Waals surface area contributed by atoms with Crippen LogP contribution in [-0.4, -0.2) is 55.7 Å². The van der Waals surface area contributed by atoms with Crippen molar-refractivity contribution in [2.45, 2.75) is 31.5 Å². The summed E-state index contributed by atoms with van der Waals surface area (Å²) in [5, 5.41) is 7.09. The lowest BCUT2D eigenvalue weighted by Crippen LogP contribution is -2.52. The average molecular weight is 338 g/mol. The third-order valence-electron chi connectivity index (χ3n) is 4.47. The zero-order valence-corrected chi connectivity index (χ0v) is 14.0. The van der Waals surface area contributed by atoms with Crippen LogP contribution >= 0.6 is 11.6 Å². The van der Waals surface area contributed by atoms with Gasteiger partial charge < -0.3 is 15.4 Å². The third kappa shape index (κ3) is 4.91. The molecule has 0 spiro atoms. The van der Waals surface area contributed by atoms with Crippen molar-refractivity contribution in [3.8, 4) is 0 Å². The average Bonchev–Trinajstić information content (AvgIpc) is 2.59. The number of nitrogens with one attached hydrogen (secondary N) is 2. The molecule has 23 heavy (non-hydrogen) atoms. The molecule has 2 aliphatic rings. The van der Waals surface area contributed by atoms with Gasteiger partial charge in [0.25, 0.3) is 5.91 Å². The number of piperidine rings is 1. The molecule has 0 aromatic heterocycles. The van der Waals surface area contributed by atoms with Crippen molar-refractivity contribution in [2.75, 3.05) is 32.8 Å². The summed E-state index contributed by atoms with van der Waals surface area (Å²) in [5.41, 5.74) is 1.28. The number of benzene rings is 1. The first kappa shape index (κ1) is 16.7. The molecular formula is C17H24ClN3O2. The molecule has 2 saturated heterocycles. The molecule has 6 heteroatoms. The van der Waals surface area contributed by atoms with Gasteiger partial charge in [0.1, 0.15) is 6.10 Å². The molecule has 126 valence electrons. The maximum absolute atomic E-state index is 12.2. The number of amides is 1. The number of ether oxygens (including phenoxy) is 1. The van der Waals surface area contributed by atoms with Crippen LogP contribution < -0.4 is 10.6 Å². The zero-order chi connectivity index (χ0) is 16.1. The molecule has 1 unspecified atom stereocenters. The van der Waals surface area contributed by atoms with E-state index >= 15 is 0 Å². The Morgan fingerprint density at radius 2 is 2.04 bits per heavy atom. The molecule has 0 saturated carbocycles. The van der Waals surface area contributed by atoms with Crippen LogP contribution in [0.25, 0.3) is 0 Å². The number of carbonyl (C=O) groups is 1. The topological polar surface area (TPSA) is 53.6 Å². The number of halogens is 1. The quantitative estimate of drug-likeness (QED) is 0.872. The molecule has 0 radical (unpaired) electrons. The minimum absolute atomic E-state index is 0.0216. The summed E-state index contributed by atoms with van der Waals surface area (Å²) in [5.74, 6) is 0.0216. The highest BCUT2D eigenvalue weighted by Crippen LogP contribution is 2.16. The van der Waals surface area contributed by atoms with Crippen molar-refractivity contribution in [3.63, 3.8) is 0 Å². The Balaban J connectivity index is 1.41. The van der Waals surface area contributed by atoms with Crippen LogP contribution in [0.1, 0.15) is 18.4 Å². The van der Waals surface area contributed by atoms with Gasteiger partial charge in [-0.05, 0) is 30.5 Å². The van der Waals surface area contributed by atoms with Crippen molar-refractivity contribution < 1.29 is 9.53 Å². The van der Waals surface area contributed by atoms with Gasteiger partial charge in [-0.2, -0.15) is 0 Å². The van der Waals surface area contributed by atoms with Crippen molar-refractivity contribution in [2.24, 2.45) is 0 Å². The number of hydrogen-bond acceptors (Lipinski definition) is 4. The van der Waals surface area contributed by atoms with E-state index in [1.807, 2.05) is 12.1 Å². The summed E-state index contributed by atoms with van der Waals surface area (Å²) < 4.78 is 5.50. The number of carbonyl (C=O) groups excluding carboxylic acids is 1. The van der Waals surface area contributed by atoms with E-state index in [1.165, 1.54) is 5.56 Å². The Morgan fingerprint density at radius 1 is 1.30 bits per heavy atom. The SMILES string of the molecule is O=C(NC1CCN(Cc2ccc(Cl)cc2)CC1)C1CNCCO1. The Hall–Kier alpha value is -1.14. The van der Waals surface area contributed by atoms with Crippen LogP contribution in [0.2, 0.25) is 5.02 Å². The lowest BCUT2D eigenvalue weighted by Gasteiger charge is -2.33. The zero-order valence-electron chi connectivity index (χ0n) is 13.3.